The molecule has 0 saturated heterocycles. The average molecular weight is 205 g/mol. The van der Waals surface area contributed by atoms with E-state index in [0.29, 0.717) is 12.3 Å². The second-order valence-electron chi connectivity index (χ2n) is 1.25. The Morgan fingerprint density at radius 2 is 2.00 bits per heavy atom. The van der Waals surface area contributed by atoms with Gasteiger partial charge in [0.05, 0.1) is 13.5 Å². The molecule has 0 fully saturated rings. The van der Waals surface area contributed by atoms with Crippen LogP contribution < -0.4 is 0 Å². The molecule has 7 heteroatoms. The monoisotopic (exact) mass is 204 g/mol. The quantitative estimate of drug-likeness (QED) is 0.388. The van der Waals surface area contributed by atoms with Gasteiger partial charge in [-0.25, -0.2) is 0 Å². The smallest absolute Gasteiger partial charge is 0.306 e. The van der Waals surface area contributed by atoms with Crippen LogP contribution in [0, 0.1) is 0 Å². The lowest BCUT2D eigenvalue weighted by Gasteiger charge is -1.90. The molecule has 0 radical (unpaired) electrons. The van der Waals surface area contributed by atoms with Gasteiger partial charge in [0.15, 0.2) is 0 Å². The zero-order valence-electron chi connectivity index (χ0n) is 5.82. The first-order valence-corrected chi connectivity index (χ1v) is 4.07. The Kier molecular flexibility index (Phi) is 12.0. The highest BCUT2D eigenvalue weighted by molar-refractivity contribution is 7.73. The minimum absolute atomic E-state index is 0.255. The number of methoxy groups -OCH3 is 1. The van der Waals surface area contributed by atoms with E-state index in [2.05, 4.69) is 4.74 Å². The molecule has 2 N–H and O–H groups in total. The Labute approximate surface area is 71.8 Å². The van der Waals surface area contributed by atoms with Gasteiger partial charge in [0.25, 0.3) is 11.4 Å². The summed E-state index contributed by atoms with van der Waals surface area (Å²) in [5.41, 5.74) is 0. The summed E-state index contributed by atoms with van der Waals surface area (Å²) in [7, 11) is 1.34. The molecule has 68 valence electrons. The van der Waals surface area contributed by atoms with Crippen molar-refractivity contribution in [3.05, 3.63) is 0 Å². The maximum atomic E-state index is 10.1. The zero-order valence-corrected chi connectivity index (χ0v) is 7.39. The molecular formula is C4H9ClO5S. The molecule has 0 aromatic heterocycles. The van der Waals surface area contributed by atoms with E-state index in [9.17, 15) is 4.79 Å². The van der Waals surface area contributed by atoms with Crippen molar-refractivity contribution in [3.8, 4) is 0 Å². The molecule has 0 saturated carbocycles. The minimum atomic E-state index is -2.61. The maximum absolute atomic E-state index is 10.1. The van der Waals surface area contributed by atoms with Crippen molar-refractivity contribution in [2.75, 3.05) is 13.0 Å². The Morgan fingerprint density at radius 3 is 2.09 bits per heavy atom. The fraction of sp³-hybridized carbons (Fsp3) is 0.750. The number of halogens is 1. The van der Waals surface area contributed by atoms with Crippen LogP contribution >= 0.6 is 11.6 Å². The number of hydrogen-bond acceptors (Lipinski definition) is 3. The first-order valence-electron chi connectivity index (χ1n) is 2.47. The van der Waals surface area contributed by atoms with Crippen molar-refractivity contribution in [1.29, 1.82) is 0 Å². The van der Waals surface area contributed by atoms with E-state index in [4.69, 9.17) is 24.9 Å². The van der Waals surface area contributed by atoms with Crippen molar-refractivity contribution >= 4 is 28.9 Å². The van der Waals surface area contributed by atoms with Crippen molar-refractivity contribution in [1.82, 2.24) is 0 Å². The zero-order chi connectivity index (χ0) is 9.28. The topological polar surface area (TPSA) is 83.8 Å². The first-order chi connectivity index (χ1) is 5.04. The highest BCUT2D eigenvalue weighted by Crippen LogP contribution is 1.85. The number of hydrogen-bond donors (Lipinski definition) is 2. The van der Waals surface area contributed by atoms with Crippen LogP contribution in [-0.2, 0) is 20.9 Å². The standard InChI is InChI=1S/C4H7ClO2.H2O3S/c1-7-4(6)2-3-5;1-4(2)3/h2-3H2,1H3;(H2,1,2,3). The van der Waals surface area contributed by atoms with E-state index in [0.717, 1.165) is 0 Å². The number of ether oxygens (including phenoxy) is 1. The van der Waals surface area contributed by atoms with E-state index < -0.39 is 11.4 Å². The Bertz CT molecular complexity index is 124. The molecule has 0 aliphatic heterocycles. The van der Waals surface area contributed by atoms with Crippen LogP contribution in [0.1, 0.15) is 6.42 Å². The lowest BCUT2D eigenvalue weighted by Crippen LogP contribution is -1.99. The van der Waals surface area contributed by atoms with E-state index in [1.165, 1.54) is 7.11 Å². The lowest BCUT2D eigenvalue weighted by molar-refractivity contribution is -0.140. The van der Waals surface area contributed by atoms with Crippen LogP contribution in [0.5, 0.6) is 0 Å². The van der Waals surface area contributed by atoms with Crippen LogP contribution in [0.15, 0.2) is 0 Å². The van der Waals surface area contributed by atoms with E-state index >= 15 is 0 Å². The number of carbonyl (C=O) groups is 1. The fourth-order valence-corrected chi connectivity index (χ4v) is 0.334. The molecule has 0 heterocycles. The van der Waals surface area contributed by atoms with Gasteiger partial charge in [-0.15, -0.1) is 11.6 Å². The molecule has 0 spiro atoms. The molecule has 0 atom stereocenters. The summed E-state index contributed by atoms with van der Waals surface area (Å²) in [6, 6.07) is 0. The molecule has 0 aromatic carbocycles. The van der Waals surface area contributed by atoms with E-state index in [1.807, 2.05) is 0 Å². The summed E-state index contributed by atoms with van der Waals surface area (Å²) in [6.07, 6.45) is 0.304. The highest BCUT2D eigenvalue weighted by Gasteiger charge is 1.93. The third-order valence-corrected chi connectivity index (χ3v) is 0.715. The van der Waals surface area contributed by atoms with Crippen molar-refractivity contribution < 1.29 is 22.8 Å². The van der Waals surface area contributed by atoms with E-state index in [1.54, 1.807) is 0 Å². The fourth-order valence-electron chi connectivity index (χ4n) is 0.179. The first kappa shape index (κ1) is 13.4. The SMILES string of the molecule is COC(=O)CCCl.O=S(O)O. The Hall–Kier alpha value is -0.170. The van der Waals surface area contributed by atoms with Crippen LogP contribution in [0.3, 0.4) is 0 Å². The van der Waals surface area contributed by atoms with Gasteiger partial charge < -0.3 is 4.74 Å². The number of rotatable bonds is 2. The Balaban J connectivity index is 0. The molecule has 0 bridgehead atoms. The van der Waals surface area contributed by atoms with Crippen molar-refractivity contribution in [2.24, 2.45) is 0 Å². The second-order valence-corrected chi connectivity index (χ2v) is 2.09. The summed E-state index contributed by atoms with van der Waals surface area (Å²) >= 11 is 2.56. The second kappa shape index (κ2) is 9.83. The Morgan fingerprint density at radius 1 is 1.64 bits per heavy atom. The molecule has 0 aromatic rings. The third-order valence-electron chi connectivity index (χ3n) is 0.526. The molecule has 0 amide bonds. The number of alkyl halides is 1. The largest absolute Gasteiger partial charge is 0.469 e. The van der Waals surface area contributed by atoms with Gasteiger partial charge in [-0.05, 0) is 0 Å². The number of esters is 1. The summed E-state index contributed by atoms with van der Waals surface area (Å²) in [5, 5.41) is 0. The van der Waals surface area contributed by atoms with Crippen molar-refractivity contribution in [3.63, 3.8) is 0 Å². The average Bonchev–Trinajstić information content (AvgIpc) is 1.87. The third kappa shape index (κ3) is 25.8. The van der Waals surface area contributed by atoms with Crippen LogP contribution in [0.2, 0.25) is 0 Å². The van der Waals surface area contributed by atoms with Crippen LogP contribution in [0.4, 0.5) is 0 Å². The van der Waals surface area contributed by atoms with Gasteiger partial charge in [0.1, 0.15) is 0 Å². The summed E-state index contributed by atoms with van der Waals surface area (Å²) in [5.74, 6) is 0.0853. The van der Waals surface area contributed by atoms with Gasteiger partial charge >= 0.3 is 5.97 Å². The molecule has 0 aliphatic carbocycles. The lowest BCUT2D eigenvalue weighted by atomic mass is 10.5. The van der Waals surface area contributed by atoms with Crippen LogP contribution in [-0.4, -0.2) is 32.3 Å². The number of carbonyl (C=O) groups excluding carboxylic acids is 1. The van der Waals surface area contributed by atoms with Crippen molar-refractivity contribution in [2.45, 2.75) is 6.42 Å². The summed E-state index contributed by atoms with van der Waals surface area (Å²) in [4.78, 5) is 10.1. The highest BCUT2D eigenvalue weighted by atomic mass is 35.5. The molecule has 0 unspecified atom stereocenters. The van der Waals surface area contributed by atoms with E-state index in [-0.39, 0.29) is 5.97 Å². The van der Waals surface area contributed by atoms with Gasteiger partial charge in [-0.1, -0.05) is 0 Å². The molecular weight excluding hydrogens is 196 g/mol. The summed E-state index contributed by atoms with van der Waals surface area (Å²) in [6.45, 7) is 0. The molecule has 0 rings (SSSR count). The van der Waals surface area contributed by atoms with Gasteiger partial charge in [-0.3, -0.25) is 13.9 Å². The normalized spacial score (nSPS) is 8.45. The predicted molar refractivity (Wildman–Crippen MR) is 40.8 cm³/mol. The summed E-state index contributed by atoms with van der Waals surface area (Å²) < 4.78 is 27.1. The molecule has 5 nitrogen and oxygen atoms in total. The molecule has 11 heavy (non-hydrogen) atoms. The van der Waals surface area contributed by atoms with Crippen LogP contribution in [0.25, 0.3) is 0 Å². The molecule has 0 aliphatic rings. The van der Waals surface area contributed by atoms with Gasteiger partial charge in [0.2, 0.25) is 0 Å². The maximum Gasteiger partial charge on any atom is 0.306 e. The van der Waals surface area contributed by atoms with Gasteiger partial charge in [0, 0.05) is 5.88 Å². The minimum Gasteiger partial charge on any atom is -0.469 e. The predicted octanol–water partition coefficient (Wildman–Crippen LogP) is 0.469. The van der Waals surface area contributed by atoms with Gasteiger partial charge in [-0.2, -0.15) is 4.21 Å².